The summed E-state index contributed by atoms with van der Waals surface area (Å²) in [6.07, 6.45) is 3.19. The van der Waals surface area contributed by atoms with E-state index in [0.29, 0.717) is 11.3 Å². The maximum absolute atomic E-state index is 11.8. The van der Waals surface area contributed by atoms with Crippen LogP contribution in [0.15, 0.2) is 30.3 Å². The second-order valence-corrected chi connectivity index (χ2v) is 3.94. The van der Waals surface area contributed by atoms with Gasteiger partial charge < -0.3 is 9.84 Å². The summed E-state index contributed by atoms with van der Waals surface area (Å²) >= 11 is 0. The number of ketones is 1. The Balaban J connectivity index is 2.54. The van der Waals surface area contributed by atoms with Crippen LogP contribution in [0.3, 0.4) is 0 Å². The van der Waals surface area contributed by atoms with Crippen molar-refractivity contribution >= 4 is 22.6 Å². The molecule has 0 bridgehead atoms. The van der Waals surface area contributed by atoms with Crippen LogP contribution in [0.1, 0.15) is 15.9 Å². The molecule has 0 aromatic heterocycles. The van der Waals surface area contributed by atoms with Gasteiger partial charge >= 0.3 is 0 Å². The van der Waals surface area contributed by atoms with E-state index in [-0.39, 0.29) is 11.5 Å². The van der Waals surface area contributed by atoms with Crippen LogP contribution in [0.2, 0.25) is 0 Å². The maximum atomic E-state index is 11.8. The molecule has 0 amide bonds. The number of allylic oxidation sites excluding steroid dienone is 1. The molecule has 0 aliphatic heterocycles. The highest BCUT2D eigenvalue weighted by atomic mass is 16.5. The summed E-state index contributed by atoms with van der Waals surface area (Å²) in [5.74, 6) is 0.545. The number of methoxy groups -OCH3 is 1. The fraction of sp³-hybridized carbons (Fsp3) is 0.0714. The first-order chi connectivity index (χ1) is 8.22. The zero-order chi connectivity index (χ0) is 12.0. The van der Waals surface area contributed by atoms with Crippen molar-refractivity contribution in [2.24, 2.45) is 0 Å². The van der Waals surface area contributed by atoms with Crippen molar-refractivity contribution < 1.29 is 14.6 Å². The molecule has 84 valence electrons. The predicted molar refractivity (Wildman–Crippen MR) is 65.5 cm³/mol. The molecule has 1 aliphatic rings. The van der Waals surface area contributed by atoms with E-state index in [1.165, 1.54) is 6.08 Å². The van der Waals surface area contributed by atoms with Gasteiger partial charge in [0.05, 0.1) is 12.7 Å². The minimum Gasteiger partial charge on any atom is -0.507 e. The maximum Gasteiger partial charge on any atom is 0.190 e. The van der Waals surface area contributed by atoms with Gasteiger partial charge in [-0.25, -0.2) is 0 Å². The normalized spacial score (nSPS) is 13.1. The van der Waals surface area contributed by atoms with Crippen LogP contribution in [-0.2, 0) is 0 Å². The molecule has 0 radical (unpaired) electrons. The zero-order valence-corrected chi connectivity index (χ0v) is 9.23. The smallest absolute Gasteiger partial charge is 0.190 e. The fourth-order valence-electron chi connectivity index (χ4n) is 2.25. The van der Waals surface area contributed by atoms with Crippen molar-refractivity contribution in [1.29, 1.82) is 0 Å². The standard InChI is InChI=1S/C14H10O3/c1-17-12-7-3-8-2-5-10(15)14-11(16)6-4-9(12)13(8)14/h2-7,15H,1H3. The van der Waals surface area contributed by atoms with E-state index in [0.717, 1.165) is 16.3 Å². The lowest BCUT2D eigenvalue weighted by molar-refractivity contribution is 0.104. The van der Waals surface area contributed by atoms with Gasteiger partial charge in [-0.15, -0.1) is 0 Å². The van der Waals surface area contributed by atoms with Crippen molar-refractivity contribution in [3.63, 3.8) is 0 Å². The molecule has 17 heavy (non-hydrogen) atoms. The molecule has 0 saturated heterocycles. The highest BCUT2D eigenvalue weighted by Gasteiger charge is 2.20. The van der Waals surface area contributed by atoms with Crippen LogP contribution in [0.25, 0.3) is 16.8 Å². The molecule has 0 saturated carbocycles. The Morgan fingerprint density at radius 3 is 2.65 bits per heavy atom. The number of phenolic OH excluding ortho intramolecular Hbond substituents is 1. The van der Waals surface area contributed by atoms with Crippen molar-refractivity contribution in [2.45, 2.75) is 0 Å². The van der Waals surface area contributed by atoms with E-state index >= 15 is 0 Å². The summed E-state index contributed by atoms with van der Waals surface area (Å²) < 4.78 is 5.26. The van der Waals surface area contributed by atoms with Crippen LogP contribution in [-0.4, -0.2) is 18.0 Å². The molecule has 2 aromatic carbocycles. The average Bonchev–Trinajstić information content (AvgIpc) is 2.35. The van der Waals surface area contributed by atoms with E-state index in [1.807, 2.05) is 12.1 Å². The van der Waals surface area contributed by atoms with Gasteiger partial charge in [-0.05, 0) is 29.7 Å². The molecule has 3 heteroatoms. The van der Waals surface area contributed by atoms with E-state index in [1.54, 1.807) is 25.3 Å². The number of phenols is 1. The topological polar surface area (TPSA) is 46.5 Å². The van der Waals surface area contributed by atoms with Crippen LogP contribution < -0.4 is 4.74 Å². The Morgan fingerprint density at radius 2 is 1.88 bits per heavy atom. The van der Waals surface area contributed by atoms with Gasteiger partial charge in [0.15, 0.2) is 5.78 Å². The summed E-state index contributed by atoms with van der Waals surface area (Å²) in [5, 5.41) is 11.5. The number of ether oxygens (including phenoxy) is 1. The largest absolute Gasteiger partial charge is 0.507 e. The Hall–Kier alpha value is -2.29. The second kappa shape index (κ2) is 3.35. The molecule has 0 spiro atoms. The van der Waals surface area contributed by atoms with Crippen molar-refractivity contribution in [3.05, 3.63) is 41.5 Å². The minimum absolute atomic E-state index is 0.0151. The SMILES string of the molecule is COc1ccc2ccc(O)c3c2c1C=CC3=O. The lowest BCUT2D eigenvalue weighted by Crippen LogP contribution is -2.03. The third-order valence-corrected chi connectivity index (χ3v) is 3.03. The van der Waals surface area contributed by atoms with Crippen molar-refractivity contribution in [3.8, 4) is 11.5 Å². The summed E-state index contributed by atoms with van der Waals surface area (Å²) in [5.41, 5.74) is 1.20. The quantitative estimate of drug-likeness (QED) is 0.813. The van der Waals surface area contributed by atoms with Gasteiger partial charge in [-0.2, -0.15) is 0 Å². The third kappa shape index (κ3) is 1.25. The number of benzene rings is 2. The minimum atomic E-state index is -0.172. The molecular formula is C14H10O3. The molecule has 2 aromatic rings. The van der Waals surface area contributed by atoms with Crippen LogP contribution in [0.5, 0.6) is 11.5 Å². The molecule has 3 nitrogen and oxygen atoms in total. The number of hydrogen-bond acceptors (Lipinski definition) is 3. The molecule has 1 aliphatic carbocycles. The Bertz CT molecular complexity index is 669. The molecule has 0 unspecified atom stereocenters. The highest BCUT2D eigenvalue weighted by molar-refractivity contribution is 6.22. The molecule has 0 fully saturated rings. The third-order valence-electron chi connectivity index (χ3n) is 3.03. The molecule has 0 atom stereocenters. The van der Waals surface area contributed by atoms with Crippen molar-refractivity contribution in [2.75, 3.05) is 7.11 Å². The van der Waals surface area contributed by atoms with E-state index in [2.05, 4.69) is 0 Å². The van der Waals surface area contributed by atoms with Crippen LogP contribution in [0.4, 0.5) is 0 Å². The number of hydrogen-bond donors (Lipinski definition) is 1. The molecule has 0 heterocycles. The van der Waals surface area contributed by atoms with Gasteiger partial charge in [-0.1, -0.05) is 12.1 Å². The van der Waals surface area contributed by atoms with Gasteiger partial charge in [0.2, 0.25) is 0 Å². The molecule has 3 rings (SSSR count). The summed E-state index contributed by atoms with van der Waals surface area (Å²) in [7, 11) is 1.59. The van der Waals surface area contributed by atoms with Crippen LogP contribution >= 0.6 is 0 Å². The first-order valence-electron chi connectivity index (χ1n) is 5.27. The lowest BCUT2D eigenvalue weighted by atomic mass is 9.91. The Kier molecular flexibility index (Phi) is 1.95. The second-order valence-electron chi connectivity index (χ2n) is 3.94. The fourth-order valence-corrected chi connectivity index (χ4v) is 2.25. The zero-order valence-electron chi connectivity index (χ0n) is 9.23. The Labute approximate surface area is 97.9 Å². The van der Waals surface area contributed by atoms with Gasteiger partial charge in [0.1, 0.15) is 11.5 Å². The number of carbonyl (C=O) groups excluding carboxylic acids is 1. The Morgan fingerprint density at radius 1 is 1.12 bits per heavy atom. The number of rotatable bonds is 1. The number of aromatic hydroxyl groups is 1. The van der Waals surface area contributed by atoms with E-state index in [9.17, 15) is 9.90 Å². The lowest BCUT2D eigenvalue weighted by Gasteiger charge is -2.15. The predicted octanol–water partition coefficient (Wildman–Crippen LogP) is 2.76. The summed E-state index contributed by atoms with van der Waals surface area (Å²) in [6.45, 7) is 0. The monoisotopic (exact) mass is 226 g/mol. The van der Waals surface area contributed by atoms with Crippen molar-refractivity contribution in [1.82, 2.24) is 0 Å². The van der Waals surface area contributed by atoms with E-state index in [4.69, 9.17) is 4.74 Å². The van der Waals surface area contributed by atoms with E-state index < -0.39 is 0 Å². The van der Waals surface area contributed by atoms with Gasteiger partial charge in [-0.3, -0.25) is 4.79 Å². The first kappa shape index (κ1) is 9.90. The average molecular weight is 226 g/mol. The van der Waals surface area contributed by atoms with Crippen LogP contribution in [0, 0.1) is 0 Å². The molecular weight excluding hydrogens is 216 g/mol. The summed E-state index contributed by atoms with van der Waals surface area (Å²) in [4.78, 5) is 11.8. The number of carbonyl (C=O) groups is 1. The molecule has 1 N–H and O–H groups in total. The first-order valence-corrected chi connectivity index (χ1v) is 5.27. The van der Waals surface area contributed by atoms with Gasteiger partial charge in [0.25, 0.3) is 0 Å². The summed E-state index contributed by atoms with van der Waals surface area (Å²) in [6, 6.07) is 7.08. The highest BCUT2D eigenvalue weighted by Crippen LogP contribution is 2.38. The van der Waals surface area contributed by atoms with Gasteiger partial charge in [0, 0.05) is 10.9 Å².